The molecule has 0 unspecified atom stereocenters. The van der Waals surface area contributed by atoms with Crippen LogP contribution in [-0.4, -0.2) is 0 Å². The van der Waals surface area contributed by atoms with Gasteiger partial charge in [0.15, 0.2) is 0 Å². The van der Waals surface area contributed by atoms with Crippen LogP contribution in [0.4, 0.5) is 11.4 Å². The molecule has 0 spiro atoms. The molecule has 3 heteroatoms. The van der Waals surface area contributed by atoms with Crippen molar-refractivity contribution in [3.8, 4) is 0 Å². The number of para-hydroxylation sites is 1. The topological polar surface area (TPSA) is 12.0 Å². The molecular weight excluding hydrogens is 484 g/mol. The first-order valence-corrected chi connectivity index (χ1v) is 13.6. The van der Waals surface area contributed by atoms with Gasteiger partial charge < -0.3 is 5.32 Å². The third-order valence-electron chi connectivity index (χ3n) is 2.66. The normalized spacial score (nSPS) is 8.00. The summed E-state index contributed by atoms with van der Waals surface area (Å²) in [7, 11) is 0. The van der Waals surface area contributed by atoms with Crippen molar-refractivity contribution < 1.29 is 0 Å². The van der Waals surface area contributed by atoms with Crippen molar-refractivity contribution in [3.63, 3.8) is 0 Å². The second-order valence-electron chi connectivity index (χ2n) is 3.74. The number of anilines is 2. The number of aryl methyl sites for hydroxylation is 1. The van der Waals surface area contributed by atoms with E-state index < -0.39 is 0 Å². The predicted octanol–water partition coefficient (Wildman–Crippen LogP) is 7.87. The van der Waals surface area contributed by atoms with E-state index in [2.05, 4.69) is 86.7 Å². The zero-order valence-electron chi connectivity index (χ0n) is 13.9. The molecule has 0 aliphatic carbocycles. The maximum atomic E-state index is 3.41. The largest absolute Gasteiger partial charge is 0.355 e. The van der Waals surface area contributed by atoms with Gasteiger partial charge in [-0.05, 0) is 43.2 Å². The molecule has 0 amide bonds. The van der Waals surface area contributed by atoms with Gasteiger partial charge in [-0.25, -0.2) is 0 Å². The molecule has 0 atom stereocenters. The van der Waals surface area contributed by atoms with E-state index in [1.165, 1.54) is 16.8 Å². The van der Waals surface area contributed by atoms with Crippen LogP contribution in [0.15, 0.2) is 48.5 Å². The lowest BCUT2D eigenvalue weighted by Crippen LogP contribution is -1.94. The molecule has 2 aromatic rings. The summed E-state index contributed by atoms with van der Waals surface area (Å²) in [6.45, 7) is 12.3. The highest BCUT2D eigenvalue weighted by molar-refractivity contribution is 15.0. The Balaban J connectivity index is 0. The second kappa shape index (κ2) is 16.1. The standard InChI is InChI=1S/C14H15N.2C2H6.I2/c1-11-7-6-10-14(12(11)2)15-13-8-4-3-5-9-13;3*1-2/h3-10,15H,1-2H3;2*1-2H3;. The van der Waals surface area contributed by atoms with E-state index in [9.17, 15) is 0 Å². The minimum absolute atomic E-state index is 1.13. The fourth-order valence-corrected chi connectivity index (χ4v) is 1.56. The maximum Gasteiger partial charge on any atom is 0.0416 e. The Morgan fingerprint density at radius 1 is 0.714 bits per heavy atom. The number of hydrogen-bond acceptors (Lipinski definition) is 1. The highest BCUT2D eigenvalue weighted by Gasteiger charge is 1.99. The summed E-state index contributed by atoms with van der Waals surface area (Å²) in [5.74, 6) is 0. The van der Waals surface area contributed by atoms with Gasteiger partial charge in [-0.2, -0.15) is 0 Å². The van der Waals surface area contributed by atoms with Crippen molar-refractivity contribution in [3.05, 3.63) is 59.7 Å². The lowest BCUT2D eigenvalue weighted by Gasteiger charge is -2.11. The Bertz CT molecular complexity index is 456. The van der Waals surface area contributed by atoms with Crippen molar-refractivity contribution in [1.82, 2.24) is 0 Å². The van der Waals surface area contributed by atoms with Crippen molar-refractivity contribution in [2.45, 2.75) is 41.5 Å². The average Bonchev–Trinajstić information content (AvgIpc) is 2.58. The van der Waals surface area contributed by atoms with Crippen molar-refractivity contribution in [2.24, 2.45) is 0 Å². The molecule has 0 fully saturated rings. The van der Waals surface area contributed by atoms with E-state index in [1.54, 1.807) is 0 Å². The first-order chi connectivity index (χ1) is 10.3. The molecule has 0 heterocycles. The second-order valence-corrected chi connectivity index (χ2v) is 3.74. The SMILES string of the molecule is CC.CC.Cc1cccc(Nc2ccccc2)c1C.II. The summed E-state index contributed by atoms with van der Waals surface area (Å²) in [4.78, 5) is 0. The van der Waals surface area contributed by atoms with Crippen molar-refractivity contribution in [1.29, 1.82) is 0 Å². The minimum atomic E-state index is 1.13. The van der Waals surface area contributed by atoms with Crippen LogP contribution in [0.2, 0.25) is 0 Å². The van der Waals surface area contributed by atoms with Crippen LogP contribution in [0.3, 0.4) is 0 Å². The molecule has 21 heavy (non-hydrogen) atoms. The third-order valence-corrected chi connectivity index (χ3v) is 2.66. The van der Waals surface area contributed by atoms with Gasteiger partial charge in [0.25, 0.3) is 0 Å². The van der Waals surface area contributed by atoms with Crippen LogP contribution in [0.1, 0.15) is 38.8 Å². The van der Waals surface area contributed by atoms with Gasteiger partial charge in [-0.1, -0.05) is 58.0 Å². The summed E-state index contributed by atoms with van der Waals surface area (Å²) >= 11 is 4.24. The lowest BCUT2D eigenvalue weighted by molar-refractivity contribution is 1.33. The molecule has 0 aliphatic heterocycles. The summed E-state index contributed by atoms with van der Waals surface area (Å²) in [5.41, 5.74) is 4.93. The molecule has 1 nitrogen and oxygen atoms in total. The first-order valence-electron chi connectivity index (χ1n) is 7.30. The van der Waals surface area contributed by atoms with E-state index in [1.807, 2.05) is 45.9 Å². The van der Waals surface area contributed by atoms with Gasteiger partial charge in [0, 0.05) is 48.6 Å². The van der Waals surface area contributed by atoms with Gasteiger partial charge in [0.2, 0.25) is 0 Å². The predicted molar refractivity (Wildman–Crippen MR) is 116 cm³/mol. The summed E-state index contributed by atoms with van der Waals surface area (Å²) in [6.07, 6.45) is 0. The lowest BCUT2D eigenvalue weighted by atomic mass is 10.1. The molecule has 0 bridgehead atoms. The molecule has 0 aliphatic rings. The zero-order chi connectivity index (χ0) is 16.7. The van der Waals surface area contributed by atoms with Gasteiger partial charge in [0.05, 0.1) is 0 Å². The fraction of sp³-hybridized carbons (Fsp3) is 0.333. The summed E-state index contributed by atoms with van der Waals surface area (Å²) in [5, 5.41) is 3.41. The first kappa shape index (κ1) is 23.0. The Labute approximate surface area is 154 Å². The molecule has 1 N–H and O–H groups in total. The van der Waals surface area contributed by atoms with E-state index in [4.69, 9.17) is 0 Å². The third kappa shape index (κ3) is 9.34. The molecule has 0 saturated carbocycles. The summed E-state index contributed by atoms with van der Waals surface area (Å²) < 4.78 is 0. The fourth-order valence-electron chi connectivity index (χ4n) is 1.56. The van der Waals surface area contributed by atoms with Crippen LogP contribution in [-0.2, 0) is 0 Å². The Morgan fingerprint density at radius 3 is 1.76 bits per heavy atom. The van der Waals surface area contributed by atoms with Crippen LogP contribution >= 0.6 is 37.2 Å². The number of rotatable bonds is 2. The van der Waals surface area contributed by atoms with Gasteiger partial charge in [-0.3, -0.25) is 0 Å². The Kier molecular flexibility index (Phi) is 17.6. The van der Waals surface area contributed by atoms with E-state index >= 15 is 0 Å². The van der Waals surface area contributed by atoms with E-state index in [0.29, 0.717) is 0 Å². The van der Waals surface area contributed by atoms with Crippen LogP contribution < -0.4 is 5.32 Å². The quantitative estimate of drug-likeness (QED) is 0.405. The highest BCUT2D eigenvalue weighted by atomic mass is 128. The Hall–Kier alpha value is -0.300. The van der Waals surface area contributed by atoms with E-state index in [0.717, 1.165) is 5.69 Å². The average molecular weight is 511 g/mol. The van der Waals surface area contributed by atoms with E-state index in [-0.39, 0.29) is 0 Å². The number of benzene rings is 2. The number of nitrogens with one attached hydrogen (secondary N) is 1. The van der Waals surface area contributed by atoms with Crippen molar-refractivity contribution >= 4 is 48.6 Å². The maximum absolute atomic E-state index is 3.41. The number of halogens is 2. The van der Waals surface area contributed by atoms with Crippen LogP contribution in [0.5, 0.6) is 0 Å². The summed E-state index contributed by atoms with van der Waals surface area (Å²) in [6, 6.07) is 16.5. The molecule has 2 rings (SSSR count). The van der Waals surface area contributed by atoms with Crippen LogP contribution in [0.25, 0.3) is 0 Å². The smallest absolute Gasteiger partial charge is 0.0416 e. The molecule has 2 aromatic carbocycles. The van der Waals surface area contributed by atoms with Crippen LogP contribution in [0, 0.1) is 13.8 Å². The molecular formula is C18H27I2N. The molecule has 118 valence electrons. The molecule has 0 aromatic heterocycles. The minimum Gasteiger partial charge on any atom is -0.355 e. The highest BCUT2D eigenvalue weighted by Crippen LogP contribution is 2.22. The van der Waals surface area contributed by atoms with Gasteiger partial charge >= 0.3 is 0 Å². The monoisotopic (exact) mass is 511 g/mol. The van der Waals surface area contributed by atoms with Gasteiger partial charge in [-0.15, -0.1) is 0 Å². The molecule has 0 radical (unpaired) electrons. The van der Waals surface area contributed by atoms with Gasteiger partial charge in [0.1, 0.15) is 0 Å². The Morgan fingerprint density at radius 2 is 1.24 bits per heavy atom. The zero-order valence-corrected chi connectivity index (χ0v) is 18.2. The molecule has 0 saturated heterocycles. The number of hydrogen-bond donors (Lipinski definition) is 1. The van der Waals surface area contributed by atoms with Crippen molar-refractivity contribution in [2.75, 3.05) is 5.32 Å².